The number of benzene rings is 1. The van der Waals surface area contributed by atoms with E-state index in [1.54, 1.807) is 0 Å². The van der Waals surface area contributed by atoms with Gasteiger partial charge in [-0.3, -0.25) is 0 Å². The maximum absolute atomic E-state index is 10.0. The van der Waals surface area contributed by atoms with Crippen LogP contribution in [0.5, 0.6) is 0 Å². The largest absolute Gasteiger partial charge is 0.388 e. The molecule has 0 aliphatic rings. The zero-order valence-corrected chi connectivity index (χ0v) is 11.7. The molecule has 0 bridgehead atoms. The smallest absolute Gasteiger partial charge is 0.0802 e. The molecule has 0 saturated carbocycles. The second-order valence-electron chi connectivity index (χ2n) is 4.43. The molecule has 0 spiro atoms. The Morgan fingerprint density at radius 2 is 2.06 bits per heavy atom. The lowest BCUT2D eigenvalue weighted by atomic mass is 10.1. The van der Waals surface area contributed by atoms with Gasteiger partial charge in [-0.1, -0.05) is 28.1 Å². The van der Waals surface area contributed by atoms with E-state index in [2.05, 4.69) is 41.7 Å². The lowest BCUT2D eigenvalue weighted by molar-refractivity contribution is 0.141. The zero-order chi connectivity index (χ0) is 12.1. The summed E-state index contributed by atoms with van der Waals surface area (Å²) in [5.41, 5.74) is 0.978. The maximum atomic E-state index is 10.0. The predicted octanol–water partition coefficient (Wildman–Crippen LogP) is 3.21. The summed E-state index contributed by atoms with van der Waals surface area (Å²) in [4.78, 5) is 2.24. The SMILES string of the molecule is CC(C)N(C)CCC(O)c1cccc(Br)c1. The Bertz CT molecular complexity index is 327. The van der Waals surface area contributed by atoms with Crippen LogP contribution in [0.4, 0.5) is 0 Å². The average Bonchev–Trinajstić information content (AvgIpc) is 2.25. The first-order valence-electron chi connectivity index (χ1n) is 5.64. The van der Waals surface area contributed by atoms with Gasteiger partial charge >= 0.3 is 0 Å². The second kappa shape index (κ2) is 6.38. The van der Waals surface area contributed by atoms with E-state index in [0.29, 0.717) is 6.04 Å². The molecular weight excluding hydrogens is 266 g/mol. The Morgan fingerprint density at radius 1 is 1.38 bits per heavy atom. The molecule has 0 heterocycles. The molecule has 0 aliphatic heterocycles. The highest BCUT2D eigenvalue weighted by Gasteiger charge is 2.10. The average molecular weight is 286 g/mol. The van der Waals surface area contributed by atoms with Crippen LogP contribution in [0.1, 0.15) is 31.9 Å². The molecule has 0 saturated heterocycles. The van der Waals surface area contributed by atoms with E-state index in [1.165, 1.54) is 0 Å². The Labute approximate surface area is 106 Å². The van der Waals surface area contributed by atoms with Crippen molar-refractivity contribution in [3.8, 4) is 0 Å². The Hall–Kier alpha value is -0.380. The van der Waals surface area contributed by atoms with Gasteiger partial charge in [0.15, 0.2) is 0 Å². The molecule has 1 unspecified atom stereocenters. The van der Waals surface area contributed by atoms with Crippen LogP contribution in [0.2, 0.25) is 0 Å². The van der Waals surface area contributed by atoms with Crippen LogP contribution in [0.3, 0.4) is 0 Å². The number of aliphatic hydroxyl groups is 1. The van der Waals surface area contributed by atoms with Gasteiger partial charge < -0.3 is 10.0 Å². The van der Waals surface area contributed by atoms with Crippen molar-refractivity contribution >= 4 is 15.9 Å². The normalized spacial score (nSPS) is 13.4. The third-order valence-electron chi connectivity index (χ3n) is 2.87. The van der Waals surface area contributed by atoms with Crippen LogP contribution >= 0.6 is 15.9 Å². The van der Waals surface area contributed by atoms with Crippen molar-refractivity contribution in [2.45, 2.75) is 32.4 Å². The zero-order valence-electron chi connectivity index (χ0n) is 10.2. The van der Waals surface area contributed by atoms with Gasteiger partial charge in [-0.2, -0.15) is 0 Å². The summed E-state index contributed by atoms with van der Waals surface area (Å²) in [5, 5.41) is 10.0. The van der Waals surface area contributed by atoms with Crippen molar-refractivity contribution in [2.24, 2.45) is 0 Å². The number of nitrogens with zero attached hydrogens (tertiary/aromatic N) is 1. The van der Waals surface area contributed by atoms with Gasteiger partial charge in [-0.15, -0.1) is 0 Å². The van der Waals surface area contributed by atoms with Crippen LogP contribution in [0.15, 0.2) is 28.7 Å². The molecule has 1 N–H and O–H groups in total. The van der Waals surface area contributed by atoms with E-state index >= 15 is 0 Å². The molecule has 0 fully saturated rings. The first-order chi connectivity index (χ1) is 7.50. The quantitative estimate of drug-likeness (QED) is 0.898. The highest BCUT2D eigenvalue weighted by molar-refractivity contribution is 9.10. The van der Waals surface area contributed by atoms with E-state index in [0.717, 1.165) is 23.0 Å². The summed E-state index contributed by atoms with van der Waals surface area (Å²) in [6.07, 6.45) is 0.393. The molecule has 16 heavy (non-hydrogen) atoms. The highest BCUT2D eigenvalue weighted by atomic mass is 79.9. The predicted molar refractivity (Wildman–Crippen MR) is 71.5 cm³/mol. The highest BCUT2D eigenvalue weighted by Crippen LogP contribution is 2.20. The lowest BCUT2D eigenvalue weighted by Gasteiger charge is -2.22. The fraction of sp³-hybridized carbons (Fsp3) is 0.538. The van der Waals surface area contributed by atoms with Gasteiger partial charge in [0.1, 0.15) is 0 Å². The van der Waals surface area contributed by atoms with Gasteiger partial charge in [0.2, 0.25) is 0 Å². The van der Waals surface area contributed by atoms with Crippen LogP contribution in [-0.2, 0) is 0 Å². The fourth-order valence-corrected chi connectivity index (χ4v) is 1.88. The van der Waals surface area contributed by atoms with E-state index < -0.39 is 0 Å². The maximum Gasteiger partial charge on any atom is 0.0802 e. The third kappa shape index (κ3) is 4.24. The van der Waals surface area contributed by atoms with E-state index in [1.807, 2.05) is 24.3 Å². The molecule has 0 aromatic heterocycles. The number of hydrogen-bond acceptors (Lipinski definition) is 2. The van der Waals surface area contributed by atoms with Gasteiger partial charge in [-0.05, 0) is 45.0 Å². The van der Waals surface area contributed by atoms with Gasteiger partial charge in [-0.25, -0.2) is 0 Å². The Morgan fingerprint density at radius 3 is 2.62 bits per heavy atom. The number of halogens is 1. The van der Waals surface area contributed by atoms with Crippen LogP contribution in [0, 0.1) is 0 Å². The third-order valence-corrected chi connectivity index (χ3v) is 3.36. The molecule has 3 heteroatoms. The van der Waals surface area contributed by atoms with Crippen molar-refractivity contribution in [1.29, 1.82) is 0 Å². The summed E-state index contributed by atoms with van der Waals surface area (Å²) >= 11 is 3.41. The molecule has 90 valence electrons. The van der Waals surface area contributed by atoms with Crippen LogP contribution in [-0.4, -0.2) is 29.6 Å². The lowest BCUT2D eigenvalue weighted by Crippen LogP contribution is -2.28. The van der Waals surface area contributed by atoms with Gasteiger partial charge in [0, 0.05) is 17.1 Å². The summed E-state index contributed by atoms with van der Waals surface area (Å²) in [6, 6.07) is 8.38. The van der Waals surface area contributed by atoms with Crippen LogP contribution in [0.25, 0.3) is 0 Å². The molecule has 1 rings (SSSR count). The summed E-state index contributed by atoms with van der Waals surface area (Å²) in [7, 11) is 2.08. The van der Waals surface area contributed by atoms with Crippen molar-refractivity contribution in [3.05, 3.63) is 34.3 Å². The summed E-state index contributed by atoms with van der Waals surface area (Å²) in [6.45, 7) is 5.22. The number of hydrogen-bond donors (Lipinski definition) is 1. The summed E-state index contributed by atoms with van der Waals surface area (Å²) in [5.74, 6) is 0. The molecule has 0 aliphatic carbocycles. The van der Waals surface area contributed by atoms with Crippen molar-refractivity contribution in [2.75, 3.05) is 13.6 Å². The van der Waals surface area contributed by atoms with Crippen LogP contribution < -0.4 is 0 Å². The van der Waals surface area contributed by atoms with Crippen molar-refractivity contribution in [1.82, 2.24) is 4.90 Å². The molecule has 2 nitrogen and oxygen atoms in total. The molecule has 1 aromatic rings. The minimum atomic E-state index is -0.376. The molecular formula is C13H20BrNO. The van der Waals surface area contributed by atoms with Gasteiger partial charge in [0.25, 0.3) is 0 Å². The first kappa shape index (κ1) is 13.7. The fourth-order valence-electron chi connectivity index (χ4n) is 1.46. The minimum absolute atomic E-state index is 0.376. The van der Waals surface area contributed by atoms with E-state index in [4.69, 9.17) is 0 Å². The standard InChI is InChI=1S/C13H20BrNO/c1-10(2)15(3)8-7-13(16)11-5-4-6-12(14)9-11/h4-6,9-10,13,16H,7-8H2,1-3H3. The molecule has 1 atom stereocenters. The number of rotatable bonds is 5. The first-order valence-corrected chi connectivity index (χ1v) is 6.43. The topological polar surface area (TPSA) is 23.5 Å². The number of aliphatic hydroxyl groups excluding tert-OH is 1. The van der Waals surface area contributed by atoms with E-state index in [9.17, 15) is 5.11 Å². The Balaban J connectivity index is 2.49. The second-order valence-corrected chi connectivity index (χ2v) is 5.35. The van der Waals surface area contributed by atoms with Gasteiger partial charge in [0.05, 0.1) is 6.10 Å². The van der Waals surface area contributed by atoms with E-state index in [-0.39, 0.29) is 6.10 Å². The summed E-state index contributed by atoms with van der Waals surface area (Å²) < 4.78 is 1.02. The Kier molecular flexibility index (Phi) is 5.46. The minimum Gasteiger partial charge on any atom is -0.388 e. The van der Waals surface area contributed by atoms with Crippen molar-refractivity contribution in [3.63, 3.8) is 0 Å². The molecule has 1 aromatic carbocycles. The van der Waals surface area contributed by atoms with Crippen molar-refractivity contribution < 1.29 is 5.11 Å². The molecule has 0 radical (unpaired) electrons. The monoisotopic (exact) mass is 285 g/mol. The molecule has 0 amide bonds.